The standard InChI is InChI=1S/C15H19N3OS/c1-8-6-13(12(5)16-8)14(19)7-20-15-17-10(3)9(2)11(4)18-15/h6,16H,7H2,1-5H3. The van der Waals surface area contributed by atoms with E-state index in [1.165, 1.54) is 11.8 Å². The molecule has 0 amide bonds. The number of H-pyrrole nitrogens is 1. The maximum absolute atomic E-state index is 12.2. The number of nitrogens with zero attached hydrogens (tertiary/aromatic N) is 2. The predicted molar refractivity (Wildman–Crippen MR) is 81.6 cm³/mol. The van der Waals surface area contributed by atoms with Gasteiger partial charge in [-0.15, -0.1) is 0 Å². The molecule has 106 valence electrons. The van der Waals surface area contributed by atoms with Crippen molar-refractivity contribution in [3.63, 3.8) is 0 Å². The fraction of sp³-hybridized carbons (Fsp3) is 0.400. The molecule has 0 aliphatic carbocycles. The minimum atomic E-state index is 0.108. The van der Waals surface area contributed by atoms with Gasteiger partial charge in [-0.1, -0.05) is 11.8 Å². The maximum atomic E-state index is 12.2. The molecule has 2 rings (SSSR count). The van der Waals surface area contributed by atoms with Crippen LogP contribution in [0.15, 0.2) is 11.2 Å². The van der Waals surface area contributed by atoms with E-state index < -0.39 is 0 Å². The summed E-state index contributed by atoms with van der Waals surface area (Å²) in [5.74, 6) is 0.469. The molecule has 0 fully saturated rings. The number of carbonyl (C=O) groups excluding carboxylic acids is 1. The monoisotopic (exact) mass is 289 g/mol. The van der Waals surface area contributed by atoms with Gasteiger partial charge >= 0.3 is 0 Å². The van der Waals surface area contributed by atoms with Crippen molar-refractivity contribution < 1.29 is 4.79 Å². The zero-order valence-electron chi connectivity index (χ0n) is 12.5. The van der Waals surface area contributed by atoms with E-state index in [0.717, 1.165) is 33.9 Å². The fourth-order valence-electron chi connectivity index (χ4n) is 2.03. The van der Waals surface area contributed by atoms with E-state index in [4.69, 9.17) is 0 Å². The van der Waals surface area contributed by atoms with E-state index in [1.54, 1.807) is 0 Å². The van der Waals surface area contributed by atoms with Crippen LogP contribution >= 0.6 is 11.8 Å². The molecular formula is C15H19N3OS. The molecule has 2 heterocycles. The van der Waals surface area contributed by atoms with E-state index in [-0.39, 0.29) is 5.78 Å². The zero-order chi connectivity index (χ0) is 14.9. The Morgan fingerprint density at radius 2 is 1.75 bits per heavy atom. The molecule has 0 atom stereocenters. The number of hydrogen-bond acceptors (Lipinski definition) is 4. The number of Topliss-reactive ketones (excluding diaryl/α,β-unsaturated/α-hetero) is 1. The van der Waals surface area contributed by atoms with Gasteiger partial charge in [0.2, 0.25) is 0 Å². The van der Waals surface area contributed by atoms with Crippen LogP contribution in [0.2, 0.25) is 0 Å². The van der Waals surface area contributed by atoms with Crippen LogP contribution in [0.5, 0.6) is 0 Å². The summed E-state index contributed by atoms with van der Waals surface area (Å²) in [4.78, 5) is 24.2. The van der Waals surface area contributed by atoms with Crippen LogP contribution in [0.3, 0.4) is 0 Å². The van der Waals surface area contributed by atoms with Crippen molar-refractivity contribution in [3.05, 3.63) is 40.0 Å². The van der Waals surface area contributed by atoms with Gasteiger partial charge in [-0.3, -0.25) is 4.79 Å². The molecule has 1 N–H and O–H groups in total. The highest BCUT2D eigenvalue weighted by Gasteiger charge is 2.13. The first-order chi connectivity index (χ1) is 9.38. The molecule has 5 heteroatoms. The molecule has 0 unspecified atom stereocenters. The Balaban J connectivity index is 2.09. The first-order valence-electron chi connectivity index (χ1n) is 6.52. The summed E-state index contributed by atoms with van der Waals surface area (Å²) in [5.41, 5.74) is 5.75. The largest absolute Gasteiger partial charge is 0.362 e. The van der Waals surface area contributed by atoms with E-state index in [9.17, 15) is 4.79 Å². The second-order valence-corrected chi connectivity index (χ2v) is 5.95. The molecule has 0 aromatic carbocycles. The topological polar surface area (TPSA) is 58.6 Å². The van der Waals surface area contributed by atoms with Crippen LogP contribution in [0.4, 0.5) is 0 Å². The number of aryl methyl sites for hydroxylation is 4. The fourth-order valence-corrected chi connectivity index (χ4v) is 2.85. The minimum absolute atomic E-state index is 0.108. The van der Waals surface area contributed by atoms with Crippen molar-refractivity contribution in [2.75, 3.05) is 5.75 Å². The molecule has 0 saturated carbocycles. The van der Waals surface area contributed by atoms with Crippen molar-refractivity contribution in [1.29, 1.82) is 0 Å². The van der Waals surface area contributed by atoms with Gasteiger partial charge in [-0.25, -0.2) is 9.97 Å². The third-order valence-electron chi connectivity index (χ3n) is 3.39. The van der Waals surface area contributed by atoms with Gasteiger partial charge in [0, 0.05) is 28.3 Å². The average Bonchev–Trinajstić information content (AvgIpc) is 2.72. The molecule has 0 saturated heterocycles. The van der Waals surface area contributed by atoms with E-state index >= 15 is 0 Å². The van der Waals surface area contributed by atoms with Gasteiger partial charge < -0.3 is 4.98 Å². The van der Waals surface area contributed by atoms with Crippen LogP contribution in [0.25, 0.3) is 0 Å². The lowest BCUT2D eigenvalue weighted by Crippen LogP contribution is -2.05. The number of hydrogen-bond donors (Lipinski definition) is 1. The smallest absolute Gasteiger partial charge is 0.188 e. The van der Waals surface area contributed by atoms with E-state index in [0.29, 0.717) is 10.9 Å². The molecular weight excluding hydrogens is 270 g/mol. The van der Waals surface area contributed by atoms with Gasteiger partial charge in [0.05, 0.1) is 5.75 Å². The first kappa shape index (κ1) is 14.8. The summed E-state index contributed by atoms with van der Waals surface area (Å²) in [6, 6.07) is 1.89. The molecule has 4 nitrogen and oxygen atoms in total. The molecule has 0 bridgehead atoms. The highest BCUT2D eigenvalue weighted by atomic mass is 32.2. The summed E-state index contributed by atoms with van der Waals surface area (Å²) in [6.45, 7) is 9.82. The van der Waals surface area contributed by atoms with Crippen LogP contribution < -0.4 is 0 Å². The molecule has 0 aliphatic rings. The van der Waals surface area contributed by atoms with Crippen molar-refractivity contribution in [2.24, 2.45) is 0 Å². The Kier molecular flexibility index (Phi) is 4.28. The van der Waals surface area contributed by atoms with Crippen molar-refractivity contribution in [2.45, 2.75) is 39.8 Å². The van der Waals surface area contributed by atoms with Crippen LogP contribution in [0.1, 0.15) is 38.7 Å². The number of ketones is 1. The normalized spacial score (nSPS) is 10.8. The van der Waals surface area contributed by atoms with Gasteiger partial charge in [0.25, 0.3) is 0 Å². The summed E-state index contributed by atoms with van der Waals surface area (Å²) < 4.78 is 0. The predicted octanol–water partition coefficient (Wildman–Crippen LogP) is 3.32. The lowest BCUT2D eigenvalue weighted by Gasteiger charge is -2.06. The van der Waals surface area contributed by atoms with Crippen molar-refractivity contribution >= 4 is 17.5 Å². The zero-order valence-corrected chi connectivity index (χ0v) is 13.3. The number of aromatic amines is 1. The third kappa shape index (κ3) is 3.10. The quantitative estimate of drug-likeness (QED) is 0.533. The van der Waals surface area contributed by atoms with E-state index in [2.05, 4.69) is 15.0 Å². The van der Waals surface area contributed by atoms with Gasteiger partial charge in [-0.2, -0.15) is 0 Å². The second-order valence-electron chi connectivity index (χ2n) is 5.00. The molecule has 2 aromatic rings. The van der Waals surface area contributed by atoms with Crippen LogP contribution in [-0.4, -0.2) is 26.5 Å². The summed E-state index contributed by atoms with van der Waals surface area (Å²) in [5, 5.41) is 0.670. The summed E-state index contributed by atoms with van der Waals surface area (Å²) in [6.07, 6.45) is 0. The van der Waals surface area contributed by atoms with Crippen molar-refractivity contribution in [3.8, 4) is 0 Å². The van der Waals surface area contributed by atoms with Gasteiger partial charge in [-0.05, 0) is 46.2 Å². The Morgan fingerprint density at radius 1 is 1.15 bits per heavy atom. The van der Waals surface area contributed by atoms with Crippen LogP contribution in [0, 0.1) is 34.6 Å². The first-order valence-corrected chi connectivity index (χ1v) is 7.51. The Hall–Kier alpha value is -1.62. The lowest BCUT2D eigenvalue weighted by molar-refractivity contribution is 0.102. The molecule has 2 aromatic heterocycles. The second kappa shape index (κ2) is 5.79. The van der Waals surface area contributed by atoms with Crippen LogP contribution in [-0.2, 0) is 0 Å². The molecule has 0 aliphatic heterocycles. The number of rotatable bonds is 4. The number of thioether (sulfide) groups is 1. The van der Waals surface area contributed by atoms with E-state index in [1.807, 2.05) is 40.7 Å². The van der Waals surface area contributed by atoms with Gasteiger partial charge in [0.1, 0.15) is 0 Å². The number of carbonyl (C=O) groups is 1. The minimum Gasteiger partial charge on any atom is -0.362 e. The lowest BCUT2D eigenvalue weighted by atomic mass is 10.2. The molecule has 0 radical (unpaired) electrons. The Labute approximate surface area is 123 Å². The SMILES string of the molecule is Cc1cc(C(=O)CSc2nc(C)c(C)c(C)n2)c(C)[nH]1. The highest BCUT2D eigenvalue weighted by Crippen LogP contribution is 2.19. The number of aromatic nitrogens is 3. The van der Waals surface area contributed by atoms with Gasteiger partial charge in [0.15, 0.2) is 10.9 Å². The Bertz CT molecular complexity index is 638. The molecule has 0 spiro atoms. The Morgan fingerprint density at radius 3 is 2.25 bits per heavy atom. The summed E-state index contributed by atoms with van der Waals surface area (Å²) >= 11 is 1.39. The summed E-state index contributed by atoms with van der Waals surface area (Å²) in [7, 11) is 0. The third-order valence-corrected chi connectivity index (χ3v) is 4.24. The van der Waals surface area contributed by atoms with Crippen molar-refractivity contribution in [1.82, 2.24) is 15.0 Å². The molecule has 20 heavy (non-hydrogen) atoms. The number of nitrogens with one attached hydrogen (secondary N) is 1. The average molecular weight is 289 g/mol. The highest BCUT2D eigenvalue weighted by molar-refractivity contribution is 7.99. The maximum Gasteiger partial charge on any atom is 0.188 e.